The zero-order chi connectivity index (χ0) is 22.5. The molecular formula is C20H20CoO10. The van der Waals surface area contributed by atoms with Gasteiger partial charge in [-0.2, -0.15) is 0 Å². The summed E-state index contributed by atoms with van der Waals surface area (Å²) < 4.78 is 9.23. The van der Waals surface area contributed by atoms with Crippen molar-refractivity contribution in [2.75, 3.05) is 26.4 Å². The Kier molecular flexibility index (Phi) is 13.1. The minimum absolute atomic E-state index is 0. The third kappa shape index (κ3) is 8.96. The van der Waals surface area contributed by atoms with Gasteiger partial charge >= 0.3 is 23.9 Å². The van der Waals surface area contributed by atoms with Crippen molar-refractivity contribution in [3.8, 4) is 0 Å². The number of carboxylic acids is 2. The van der Waals surface area contributed by atoms with Crippen LogP contribution in [0, 0.1) is 0 Å². The molecule has 0 unspecified atom stereocenters. The van der Waals surface area contributed by atoms with Crippen molar-refractivity contribution in [1.29, 1.82) is 0 Å². The van der Waals surface area contributed by atoms with E-state index in [0.29, 0.717) is 0 Å². The van der Waals surface area contributed by atoms with Gasteiger partial charge in [0.05, 0.1) is 35.5 Å². The quantitative estimate of drug-likeness (QED) is 0.402. The van der Waals surface area contributed by atoms with Crippen molar-refractivity contribution in [2.24, 2.45) is 0 Å². The molecule has 0 fully saturated rings. The van der Waals surface area contributed by atoms with Crippen LogP contribution >= 0.6 is 0 Å². The molecule has 0 atom stereocenters. The average molecular weight is 479 g/mol. The number of carbonyl (C=O) groups is 4. The Morgan fingerprint density at radius 2 is 0.903 bits per heavy atom. The van der Waals surface area contributed by atoms with E-state index in [9.17, 15) is 19.2 Å². The van der Waals surface area contributed by atoms with Crippen molar-refractivity contribution in [1.82, 2.24) is 0 Å². The van der Waals surface area contributed by atoms with Crippen molar-refractivity contribution >= 4 is 23.9 Å². The topological polar surface area (TPSA) is 168 Å². The standard InChI is InChI=1S/2C10H10O5.Co/c2*11-5-6-15-10(14)8-4-2-1-3-7(8)9(12)13;/h2*1-4,11H,5-6H2,(H,12,13);. The van der Waals surface area contributed by atoms with Crippen molar-refractivity contribution in [2.45, 2.75) is 0 Å². The van der Waals surface area contributed by atoms with Crippen LogP contribution in [0.3, 0.4) is 0 Å². The minimum atomic E-state index is -1.19. The Morgan fingerprint density at radius 3 is 1.16 bits per heavy atom. The van der Waals surface area contributed by atoms with Crippen LogP contribution in [0.4, 0.5) is 0 Å². The number of carbonyl (C=O) groups excluding carboxylic acids is 2. The molecule has 2 aromatic rings. The fraction of sp³-hybridized carbons (Fsp3) is 0.200. The van der Waals surface area contributed by atoms with Gasteiger partial charge in [0, 0.05) is 16.8 Å². The van der Waals surface area contributed by atoms with Crippen molar-refractivity contribution in [3.05, 3.63) is 70.8 Å². The van der Waals surface area contributed by atoms with Crippen LogP contribution in [0.25, 0.3) is 0 Å². The molecule has 0 amide bonds. The van der Waals surface area contributed by atoms with Crippen LogP contribution in [-0.2, 0) is 26.3 Å². The third-order valence-electron chi connectivity index (χ3n) is 3.40. The summed E-state index contributed by atoms with van der Waals surface area (Å²) in [6, 6.07) is 11.5. The molecule has 0 spiro atoms. The van der Waals surface area contributed by atoms with E-state index < -0.39 is 23.9 Å². The normalized spacial score (nSPS) is 9.35. The van der Waals surface area contributed by atoms with Gasteiger partial charge in [0.15, 0.2) is 0 Å². The van der Waals surface area contributed by atoms with E-state index in [0.717, 1.165) is 0 Å². The second kappa shape index (κ2) is 14.7. The summed E-state index contributed by atoms with van der Waals surface area (Å²) in [7, 11) is 0. The Morgan fingerprint density at radius 1 is 0.613 bits per heavy atom. The number of ether oxygens (including phenoxy) is 2. The van der Waals surface area contributed by atoms with Gasteiger partial charge in [0.1, 0.15) is 13.2 Å². The molecule has 0 saturated carbocycles. The first-order chi connectivity index (χ1) is 14.3. The predicted octanol–water partition coefficient (Wildman–Crippen LogP) is 1.07. The summed E-state index contributed by atoms with van der Waals surface area (Å²) >= 11 is 0. The number of aliphatic hydroxyl groups is 2. The average Bonchev–Trinajstić information content (AvgIpc) is 2.76. The van der Waals surface area contributed by atoms with Gasteiger partial charge in [-0.15, -0.1) is 0 Å². The molecule has 0 aromatic heterocycles. The molecule has 10 nitrogen and oxygen atoms in total. The van der Waals surface area contributed by atoms with E-state index in [1.165, 1.54) is 36.4 Å². The molecule has 0 aliphatic heterocycles. The number of esters is 2. The molecule has 2 aromatic carbocycles. The van der Waals surface area contributed by atoms with Crippen LogP contribution in [0.1, 0.15) is 41.4 Å². The SMILES string of the molecule is O=C(O)c1ccccc1C(=O)OCCO.O=C(O)c1ccccc1C(=O)OCCO.[Co]. The number of hydrogen-bond acceptors (Lipinski definition) is 8. The monoisotopic (exact) mass is 479 g/mol. The Balaban J connectivity index is 0.000000562. The second-order valence-corrected chi connectivity index (χ2v) is 5.42. The molecule has 0 saturated heterocycles. The Bertz CT molecular complexity index is 824. The molecule has 4 N–H and O–H groups in total. The smallest absolute Gasteiger partial charge is 0.339 e. The van der Waals surface area contributed by atoms with Crippen LogP contribution in [-0.4, -0.2) is 70.7 Å². The van der Waals surface area contributed by atoms with Crippen LogP contribution in [0.2, 0.25) is 0 Å². The first kappa shape index (κ1) is 27.7. The van der Waals surface area contributed by atoms with E-state index in [4.69, 9.17) is 20.4 Å². The zero-order valence-corrected chi connectivity index (χ0v) is 17.1. The minimum Gasteiger partial charge on any atom is -0.478 e. The maximum atomic E-state index is 11.3. The molecule has 31 heavy (non-hydrogen) atoms. The molecule has 2 rings (SSSR count). The van der Waals surface area contributed by atoms with E-state index in [1.54, 1.807) is 12.1 Å². The fourth-order valence-electron chi connectivity index (χ4n) is 2.13. The number of rotatable bonds is 8. The Labute approximate surface area is 187 Å². The summed E-state index contributed by atoms with van der Waals surface area (Å²) in [5.74, 6) is -3.87. The van der Waals surface area contributed by atoms with Gasteiger partial charge in [-0.3, -0.25) is 0 Å². The van der Waals surface area contributed by atoms with Gasteiger partial charge in [0.25, 0.3) is 0 Å². The predicted molar refractivity (Wildman–Crippen MR) is 102 cm³/mol. The number of aliphatic hydroxyl groups excluding tert-OH is 2. The maximum absolute atomic E-state index is 11.3. The summed E-state index contributed by atoms with van der Waals surface area (Å²) in [6.07, 6.45) is 0. The summed E-state index contributed by atoms with van der Waals surface area (Å²) in [5, 5.41) is 34.5. The molecule has 0 aliphatic carbocycles. The van der Waals surface area contributed by atoms with Crippen LogP contribution in [0.15, 0.2) is 48.5 Å². The van der Waals surface area contributed by atoms with E-state index >= 15 is 0 Å². The maximum Gasteiger partial charge on any atom is 0.339 e. The molecular weight excluding hydrogens is 459 g/mol. The first-order valence-corrected chi connectivity index (χ1v) is 8.54. The largest absolute Gasteiger partial charge is 0.478 e. The summed E-state index contributed by atoms with van der Waals surface area (Å²) in [4.78, 5) is 44.2. The first-order valence-electron chi connectivity index (χ1n) is 8.54. The summed E-state index contributed by atoms with van der Waals surface area (Å²) in [6.45, 7) is -0.873. The van der Waals surface area contributed by atoms with Crippen LogP contribution in [0.5, 0.6) is 0 Å². The number of aromatic carboxylic acids is 2. The molecule has 0 bridgehead atoms. The van der Waals surface area contributed by atoms with Crippen molar-refractivity contribution in [3.63, 3.8) is 0 Å². The van der Waals surface area contributed by atoms with Gasteiger partial charge in [0.2, 0.25) is 0 Å². The Hall–Kier alpha value is -3.25. The molecule has 169 valence electrons. The van der Waals surface area contributed by atoms with E-state index in [2.05, 4.69) is 9.47 Å². The van der Waals surface area contributed by atoms with E-state index in [-0.39, 0.29) is 65.5 Å². The second-order valence-electron chi connectivity index (χ2n) is 5.42. The van der Waals surface area contributed by atoms with Crippen molar-refractivity contribution < 1.29 is 65.9 Å². The van der Waals surface area contributed by atoms with Gasteiger partial charge in [-0.05, 0) is 24.3 Å². The van der Waals surface area contributed by atoms with Gasteiger partial charge in [-0.1, -0.05) is 24.3 Å². The van der Waals surface area contributed by atoms with Gasteiger partial charge < -0.3 is 29.9 Å². The third-order valence-corrected chi connectivity index (χ3v) is 3.40. The number of hydrogen-bond donors (Lipinski definition) is 4. The molecule has 0 heterocycles. The molecule has 11 heteroatoms. The molecule has 0 aliphatic rings. The number of carboxylic acid groups (broad SMARTS) is 2. The summed E-state index contributed by atoms with van der Waals surface area (Å²) in [5.41, 5.74) is -0.252. The van der Waals surface area contributed by atoms with E-state index in [1.807, 2.05) is 0 Å². The van der Waals surface area contributed by atoms with Crippen LogP contribution < -0.4 is 0 Å². The number of benzene rings is 2. The fourth-order valence-corrected chi connectivity index (χ4v) is 2.13. The molecule has 1 radical (unpaired) electrons. The zero-order valence-electron chi connectivity index (χ0n) is 16.0. The van der Waals surface area contributed by atoms with Gasteiger partial charge in [-0.25, -0.2) is 19.2 Å².